The summed E-state index contributed by atoms with van der Waals surface area (Å²) < 4.78 is 29.3. The number of halogens is 3. The molecule has 4 nitrogen and oxygen atoms in total. The molecule has 152 valence electrons. The number of benzene rings is 2. The third kappa shape index (κ3) is 4.49. The van der Waals surface area contributed by atoms with Gasteiger partial charge < -0.3 is 15.0 Å². The van der Waals surface area contributed by atoms with Crippen LogP contribution in [0.2, 0.25) is 5.02 Å². The summed E-state index contributed by atoms with van der Waals surface area (Å²) in [4.78, 5) is 11.9. The Morgan fingerprint density at radius 1 is 1.07 bits per heavy atom. The number of hydrogen-bond donors (Lipinski definition) is 2. The molecule has 0 radical (unpaired) electrons. The van der Waals surface area contributed by atoms with Gasteiger partial charge in [-0.3, -0.25) is 0 Å². The Morgan fingerprint density at radius 2 is 1.79 bits per heavy atom. The number of rotatable bonds is 7. The molecule has 0 amide bonds. The van der Waals surface area contributed by atoms with Gasteiger partial charge >= 0.3 is 5.97 Å². The zero-order valence-electron chi connectivity index (χ0n) is 16.1. The van der Waals surface area contributed by atoms with Gasteiger partial charge in [0.2, 0.25) is 0 Å². The van der Waals surface area contributed by atoms with Crippen molar-refractivity contribution in [2.75, 3.05) is 0 Å². The van der Waals surface area contributed by atoms with E-state index in [0.29, 0.717) is 34.1 Å². The normalized spacial score (nSPS) is 11.1. The lowest BCUT2D eigenvalue weighted by molar-refractivity contribution is 0.0694. The Bertz CT molecular complexity index is 1040. The highest BCUT2D eigenvalue weighted by Gasteiger charge is 2.23. The van der Waals surface area contributed by atoms with Crippen molar-refractivity contribution >= 4 is 17.6 Å². The lowest BCUT2D eigenvalue weighted by atomic mass is 10.1. The quantitative estimate of drug-likeness (QED) is 0.563. The number of nitrogens with zero attached hydrogens (tertiary/aromatic N) is 1. The molecule has 0 aliphatic carbocycles. The second-order valence-corrected chi connectivity index (χ2v) is 7.26. The summed E-state index contributed by atoms with van der Waals surface area (Å²) in [5.74, 6) is -1.81. The molecule has 2 aromatic carbocycles. The maximum Gasteiger partial charge on any atom is 0.337 e. The number of aromatic carboxylic acids is 1. The van der Waals surface area contributed by atoms with Gasteiger partial charge in [-0.2, -0.15) is 0 Å². The average Bonchev–Trinajstić information content (AvgIpc) is 2.89. The number of carboxylic acids is 1. The minimum Gasteiger partial charge on any atom is -0.478 e. The summed E-state index contributed by atoms with van der Waals surface area (Å²) in [6.07, 6.45) is 0. The molecular weight excluding hydrogens is 398 g/mol. The molecule has 1 aromatic heterocycles. The largest absolute Gasteiger partial charge is 0.478 e. The Labute approximate surface area is 172 Å². The molecule has 0 fully saturated rings. The van der Waals surface area contributed by atoms with E-state index in [1.54, 1.807) is 36.6 Å². The lowest BCUT2D eigenvalue weighted by Crippen LogP contribution is -2.15. The number of carboxylic acid groups (broad SMARTS) is 1. The third-order valence-electron chi connectivity index (χ3n) is 5.02. The summed E-state index contributed by atoms with van der Waals surface area (Å²) in [6, 6.07) is 10.7. The van der Waals surface area contributed by atoms with Gasteiger partial charge in [-0.15, -0.1) is 0 Å². The molecule has 3 rings (SSSR count). The average molecular weight is 419 g/mol. The highest BCUT2D eigenvalue weighted by molar-refractivity contribution is 6.31. The van der Waals surface area contributed by atoms with Gasteiger partial charge in [0.15, 0.2) is 0 Å². The summed E-state index contributed by atoms with van der Waals surface area (Å²) in [5.41, 5.74) is 3.10. The molecule has 2 N–H and O–H groups in total. The van der Waals surface area contributed by atoms with Gasteiger partial charge in [0.1, 0.15) is 11.6 Å². The highest BCUT2D eigenvalue weighted by atomic mass is 35.5. The van der Waals surface area contributed by atoms with E-state index < -0.39 is 11.8 Å². The standard InChI is InChI=1S/C22H21ClF2N2O2/c1-13-17(11-26-10-15-5-3-6-16(24)9-15)21(22(28)29)14(2)27(13)12-18-19(23)7-4-8-20(18)25/h3-9,26H,10-12H2,1-2H3,(H,28,29). The maximum absolute atomic E-state index is 14.2. The fourth-order valence-corrected chi connectivity index (χ4v) is 3.73. The van der Waals surface area contributed by atoms with Crippen molar-refractivity contribution < 1.29 is 18.7 Å². The van der Waals surface area contributed by atoms with Crippen LogP contribution >= 0.6 is 11.6 Å². The minimum atomic E-state index is -1.05. The second-order valence-electron chi connectivity index (χ2n) is 6.85. The van der Waals surface area contributed by atoms with E-state index in [-0.39, 0.29) is 24.5 Å². The predicted octanol–water partition coefficient (Wildman–Crippen LogP) is 5.07. The number of carbonyl (C=O) groups is 1. The zero-order valence-corrected chi connectivity index (χ0v) is 16.9. The molecule has 1 heterocycles. The van der Waals surface area contributed by atoms with Crippen LogP contribution in [0.5, 0.6) is 0 Å². The monoisotopic (exact) mass is 418 g/mol. The smallest absolute Gasteiger partial charge is 0.337 e. The minimum absolute atomic E-state index is 0.132. The van der Waals surface area contributed by atoms with Crippen LogP contribution in [0.25, 0.3) is 0 Å². The van der Waals surface area contributed by atoms with Crippen molar-refractivity contribution in [2.24, 2.45) is 0 Å². The Kier molecular flexibility index (Phi) is 6.35. The van der Waals surface area contributed by atoms with Gasteiger partial charge in [-0.25, -0.2) is 13.6 Å². The summed E-state index contributed by atoms with van der Waals surface area (Å²) in [7, 11) is 0. The van der Waals surface area contributed by atoms with Crippen LogP contribution in [0, 0.1) is 25.5 Å². The molecule has 29 heavy (non-hydrogen) atoms. The molecule has 0 aliphatic heterocycles. The Hall–Kier alpha value is -2.70. The Balaban J connectivity index is 1.89. The first-order valence-electron chi connectivity index (χ1n) is 9.09. The molecule has 0 spiro atoms. The van der Waals surface area contributed by atoms with Crippen molar-refractivity contribution in [3.63, 3.8) is 0 Å². The molecule has 7 heteroatoms. The van der Waals surface area contributed by atoms with E-state index in [1.165, 1.54) is 24.3 Å². The molecule has 0 aliphatic rings. The topological polar surface area (TPSA) is 54.3 Å². The fourth-order valence-electron chi connectivity index (χ4n) is 3.51. The first kappa shape index (κ1) is 21.0. The van der Waals surface area contributed by atoms with Crippen LogP contribution in [0.4, 0.5) is 8.78 Å². The number of aromatic nitrogens is 1. The zero-order chi connectivity index (χ0) is 21.1. The summed E-state index contributed by atoms with van der Waals surface area (Å²) in [5, 5.41) is 13.2. The summed E-state index contributed by atoms with van der Waals surface area (Å²) in [6.45, 7) is 4.30. The van der Waals surface area contributed by atoms with Gasteiger partial charge in [0.05, 0.1) is 12.1 Å². The van der Waals surface area contributed by atoms with E-state index in [0.717, 1.165) is 5.56 Å². The first-order chi connectivity index (χ1) is 13.8. The molecule has 0 atom stereocenters. The molecule has 0 saturated carbocycles. The van der Waals surface area contributed by atoms with Gasteiger partial charge in [0, 0.05) is 40.6 Å². The molecule has 3 aromatic rings. The second kappa shape index (κ2) is 8.76. The van der Waals surface area contributed by atoms with Gasteiger partial charge in [-0.1, -0.05) is 29.8 Å². The van der Waals surface area contributed by atoms with Crippen molar-refractivity contribution in [1.29, 1.82) is 0 Å². The number of nitrogens with one attached hydrogen (secondary N) is 1. The molecule has 0 bridgehead atoms. The van der Waals surface area contributed by atoms with E-state index in [9.17, 15) is 18.7 Å². The van der Waals surface area contributed by atoms with Crippen LogP contribution in [0.1, 0.15) is 38.4 Å². The third-order valence-corrected chi connectivity index (χ3v) is 5.38. The SMILES string of the molecule is Cc1c(CNCc2cccc(F)c2)c(C(=O)O)c(C)n1Cc1c(F)cccc1Cl. The van der Waals surface area contributed by atoms with Crippen LogP contribution < -0.4 is 5.32 Å². The number of hydrogen-bond acceptors (Lipinski definition) is 2. The summed E-state index contributed by atoms with van der Waals surface area (Å²) >= 11 is 6.14. The van der Waals surface area contributed by atoms with Crippen LogP contribution in [0.15, 0.2) is 42.5 Å². The van der Waals surface area contributed by atoms with Crippen LogP contribution in [-0.4, -0.2) is 15.6 Å². The van der Waals surface area contributed by atoms with E-state index in [2.05, 4.69) is 5.32 Å². The first-order valence-corrected chi connectivity index (χ1v) is 9.47. The van der Waals surface area contributed by atoms with Crippen LogP contribution in [0.3, 0.4) is 0 Å². The maximum atomic E-state index is 14.2. The predicted molar refractivity (Wildman–Crippen MR) is 108 cm³/mol. The Morgan fingerprint density at radius 3 is 2.45 bits per heavy atom. The van der Waals surface area contributed by atoms with Crippen molar-refractivity contribution in [1.82, 2.24) is 9.88 Å². The van der Waals surface area contributed by atoms with E-state index in [1.807, 2.05) is 0 Å². The van der Waals surface area contributed by atoms with Crippen molar-refractivity contribution in [3.8, 4) is 0 Å². The van der Waals surface area contributed by atoms with Crippen LogP contribution in [-0.2, 0) is 19.6 Å². The van der Waals surface area contributed by atoms with Crippen molar-refractivity contribution in [2.45, 2.75) is 33.5 Å². The van der Waals surface area contributed by atoms with E-state index >= 15 is 0 Å². The van der Waals surface area contributed by atoms with Gasteiger partial charge in [-0.05, 0) is 43.7 Å². The van der Waals surface area contributed by atoms with Gasteiger partial charge in [0.25, 0.3) is 0 Å². The fraction of sp³-hybridized carbons (Fsp3) is 0.227. The molecule has 0 unspecified atom stereocenters. The molecule has 0 saturated heterocycles. The van der Waals surface area contributed by atoms with E-state index in [4.69, 9.17) is 11.6 Å². The highest BCUT2D eigenvalue weighted by Crippen LogP contribution is 2.27. The van der Waals surface area contributed by atoms with Crippen molar-refractivity contribution in [3.05, 3.63) is 92.8 Å². The molecular formula is C22H21ClF2N2O2. The lowest BCUT2D eigenvalue weighted by Gasteiger charge is -2.12.